The number of carbonyl (C=O) groups is 1. The molecule has 54 valence electrons. The molecule has 0 aliphatic rings. The van der Waals surface area contributed by atoms with Gasteiger partial charge in [-0.05, 0) is 21.0 Å². The molecule has 0 radical (unpaired) electrons. The standard InChI is InChI=1S/C6H14N2O/c1-5(9)6(8-3)4-7-2/h6-8H,4H2,1-3H3/t6-/m0/s1. The fourth-order valence-electron chi connectivity index (χ4n) is 0.653. The lowest BCUT2D eigenvalue weighted by atomic mass is 10.2. The summed E-state index contributed by atoms with van der Waals surface area (Å²) < 4.78 is 0. The first kappa shape index (κ1) is 8.59. The maximum Gasteiger partial charge on any atom is 0.147 e. The van der Waals surface area contributed by atoms with E-state index in [1.54, 1.807) is 14.0 Å². The Kier molecular flexibility index (Phi) is 4.26. The summed E-state index contributed by atoms with van der Waals surface area (Å²) in [5.74, 6) is 0.173. The van der Waals surface area contributed by atoms with Crippen LogP contribution >= 0.6 is 0 Å². The predicted molar refractivity (Wildman–Crippen MR) is 37.5 cm³/mol. The van der Waals surface area contributed by atoms with Crippen molar-refractivity contribution in [1.82, 2.24) is 10.6 Å². The Morgan fingerprint density at radius 2 is 2.11 bits per heavy atom. The van der Waals surface area contributed by atoms with Crippen molar-refractivity contribution in [2.24, 2.45) is 0 Å². The van der Waals surface area contributed by atoms with Gasteiger partial charge in [0.25, 0.3) is 0 Å². The molecule has 0 saturated heterocycles. The van der Waals surface area contributed by atoms with Crippen molar-refractivity contribution < 1.29 is 4.79 Å². The topological polar surface area (TPSA) is 41.1 Å². The Morgan fingerprint density at radius 3 is 2.22 bits per heavy atom. The lowest BCUT2D eigenvalue weighted by Crippen LogP contribution is -2.40. The van der Waals surface area contributed by atoms with Gasteiger partial charge in [-0.1, -0.05) is 0 Å². The minimum absolute atomic E-state index is 0.0324. The Balaban J connectivity index is 3.54. The van der Waals surface area contributed by atoms with E-state index in [0.29, 0.717) is 6.54 Å². The van der Waals surface area contributed by atoms with Gasteiger partial charge in [-0.15, -0.1) is 0 Å². The molecule has 0 rings (SSSR count). The van der Waals surface area contributed by atoms with Gasteiger partial charge >= 0.3 is 0 Å². The van der Waals surface area contributed by atoms with Crippen molar-refractivity contribution in [1.29, 1.82) is 0 Å². The summed E-state index contributed by atoms with van der Waals surface area (Å²) >= 11 is 0. The van der Waals surface area contributed by atoms with E-state index >= 15 is 0 Å². The summed E-state index contributed by atoms with van der Waals surface area (Å²) in [6.07, 6.45) is 0. The van der Waals surface area contributed by atoms with Gasteiger partial charge in [0.2, 0.25) is 0 Å². The van der Waals surface area contributed by atoms with Crippen molar-refractivity contribution in [3.63, 3.8) is 0 Å². The second-order valence-corrected chi connectivity index (χ2v) is 2.01. The highest BCUT2D eigenvalue weighted by Gasteiger charge is 2.07. The highest BCUT2D eigenvalue weighted by atomic mass is 16.1. The van der Waals surface area contributed by atoms with Crippen molar-refractivity contribution in [2.45, 2.75) is 13.0 Å². The molecule has 0 aromatic rings. The SMILES string of the molecule is CNC[C@H](NC)C(C)=O. The Labute approximate surface area is 55.8 Å². The third-order valence-corrected chi connectivity index (χ3v) is 1.25. The van der Waals surface area contributed by atoms with E-state index in [9.17, 15) is 4.79 Å². The highest BCUT2D eigenvalue weighted by molar-refractivity contribution is 5.81. The molecule has 0 aliphatic carbocycles. The van der Waals surface area contributed by atoms with Crippen LogP contribution in [0.2, 0.25) is 0 Å². The van der Waals surface area contributed by atoms with Gasteiger partial charge < -0.3 is 10.6 Å². The molecule has 9 heavy (non-hydrogen) atoms. The molecule has 0 aliphatic heterocycles. The summed E-state index contributed by atoms with van der Waals surface area (Å²) in [4.78, 5) is 10.7. The number of carbonyl (C=O) groups excluding carboxylic acids is 1. The fraction of sp³-hybridized carbons (Fsp3) is 0.833. The second kappa shape index (κ2) is 4.47. The number of nitrogens with one attached hydrogen (secondary N) is 2. The van der Waals surface area contributed by atoms with Crippen molar-refractivity contribution in [2.75, 3.05) is 20.6 Å². The zero-order valence-corrected chi connectivity index (χ0v) is 6.19. The van der Waals surface area contributed by atoms with E-state index in [2.05, 4.69) is 10.6 Å². The van der Waals surface area contributed by atoms with Crippen molar-refractivity contribution >= 4 is 5.78 Å². The number of ketones is 1. The molecular formula is C6H14N2O. The monoisotopic (exact) mass is 130 g/mol. The minimum atomic E-state index is -0.0324. The molecule has 0 aromatic carbocycles. The van der Waals surface area contributed by atoms with Crippen LogP contribution in [-0.2, 0) is 4.79 Å². The van der Waals surface area contributed by atoms with Gasteiger partial charge in [0.05, 0.1) is 6.04 Å². The number of hydrogen-bond acceptors (Lipinski definition) is 3. The van der Waals surface area contributed by atoms with Gasteiger partial charge in [0, 0.05) is 6.54 Å². The zero-order valence-electron chi connectivity index (χ0n) is 6.19. The molecule has 0 heterocycles. The van der Waals surface area contributed by atoms with Crippen LogP contribution in [0, 0.1) is 0 Å². The van der Waals surface area contributed by atoms with Gasteiger partial charge in [-0.2, -0.15) is 0 Å². The van der Waals surface area contributed by atoms with Crippen LogP contribution in [0.3, 0.4) is 0 Å². The minimum Gasteiger partial charge on any atom is -0.318 e. The smallest absolute Gasteiger partial charge is 0.147 e. The average Bonchev–Trinajstić information content (AvgIpc) is 1.82. The molecule has 0 amide bonds. The van der Waals surface area contributed by atoms with Crippen molar-refractivity contribution in [3.05, 3.63) is 0 Å². The van der Waals surface area contributed by atoms with Gasteiger partial charge in [-0.3, -0.25) is 4.79 Å². The first-order chi connectivity index (χ1) is 4.22. The number of rotatable bonds is 4. The van der Waals surface area contributed by atoms with Crippen LogP contribution in [0.5, 0.6) is 0 Å². The first-order valence-corrected chi connectivity index (χ1v) is 3.04. The summed E-state index contributed by atoms with van der Waals surface area (Å²) in [5, 5.41) is 5.81. The number of likely N-dealkylation sites (N-methyl/N-ethyl adjacent to an activating group) is 2. The summed E-state index contributed by atoms with van der Waals surface area (Å²) in [7, 11) is 3.61. The number of Topliss-reactive ketones (excluding diaryl/α,β-unsaturated/α-hetero) is 1. The molecule has 3 heteroatoms. The molecule has 0 unspecified atom stereocenters. The van der Waals surface area contributed by atoms with E-state index in [1.165, 1.54) is 0 Å². The van der Waals surface area contributed by atoms with Crippen LogP contribution < -0.4 is 10.6 Å². The summed E-state index contributed by atoms with van der Waals surface area (Å²) in [6, 6.07) is -0.0324. The van der Waals surface area contributed by atoms with Crippen LogP contribution in [-0.4, -0.2) is 32.5 Å². The molecule has 0 saturated carbocycles. The molecular weight excluding hydrogens is 116 g/mol. The average molecular weight is 130 g/mol. The fourth-order valence-corrected chi connectivity index (χ4v) is 0.653. The molecule has 0 bridgehead atoms. The van der Waals surface area contributed by atoms with Gasteiger partial charge in [-0.25, -0.2) is 0 Å². The summed E-state index contributed by atoms with van der Waals surface area (Å²) in [5.41, 5.74) is 0. The van der Waals surface area contributed by atoms with E-state index in [-0.39, 0.29) is 11.8 Å². The van der Waals surface area contributed by atoms with Gasteiger partial charge in [0.1, 0.15) is 5.78 Å². The number of hydrogen-bond donors (Lipinski definition) is 2. The van der Waals surface area contributed by atoms with E-state index < -0.39 is 0 Å². The van der Waals surface area contributed by atoms with Crippen LogP contribution in [0.1, 0.15) is 6.92 Å². The Bertz CT molecular complexity index is 93.1. The first-order valence-electron chi connectivity index (χ1n) is 3.04. The van der Waals surface area contributed by atoms with Gasteiger partial charge in [0.15, 0.2) is 0 Å². The largest absolute Gasteiger partial charge is 0.318 e. The molecule has 0 fully saturated rings. The lowest BCUT2D eigenvalue weighted by molar-refractivity contribution is -0.118. The molecule has 0 aromatic heterocycles. The van der Waals surface area contributed by atoms with Crippen molar-refractivity contribution in [3.8, 4) is 0 Å². The van der Waals surface area contributed by atoms with Crippen LogP contribution in [0.25, 0.3) is 0 Å². The van der Waals surface area contributed by atoms with Crippen LogP contribution in [0.4, 0.5) is 0 Å². The van der Waals surface area contributed by atoms with E-state index in [1.807, 2.05) is 7.05 Å². The predicted octanol–water partition coefficient (Wildman–Crippen LogP) is -0.617. The molecule has 0 spiro atoms. The normalized spacial score (nSPS) is 13.2. The highest BCUT2D eigenvalue weighted by Crippen LogP contribution is 1.80. The van der Waals surface area contributed by atoms with Crippen LogP contribution in [0.15, 0.2) is 0 Å². The molecule has 3 nitrogen and oxygen atoms in total. The zero-order chi connectivity index (χ0) is 7.28. The van der Waals surface area contributed by atoms with E-state index in [4.69, 9.17) is 0 Å². The third kappa shape index (κ3) is 3.21. The maximum atomic E-state index is 10.7. The Hall–Kier alpha value is -0.410. The molecule has 2 N–H and O–H groups in total. The maximum absolute atomic E-state index is 10.7. The quantitative estimate of drug-likeness (QED) is 0.533. The third-order valence-electron chi connectivity index (χ3n) is 1.25. The van der Waals surface area contributed by atoms with E-state index in [0.717, 1.165) is 0 Å². The second-order valence-electron chi connectivity index (χ2n) is 2.01. The Morgan fingerprint density at radius 1 is 1.56 bits per heavy atom. The molecule has 1 atom stereocenters. The lowest BCUT2D eigenvalue weighted by Gasteiger charge is -2.10. The summed E-state index contributed by atoms with van der Waals surface area (Å²) in [6.45, 7) is 2.28.